The molecule has 1 fully saturated rings. The third-order valence-corrected chi connectivity index (χ3v) is 4.27. The Morgan fingerprint density at radius 2 is 2.06 bits per heavy atom. The molecule has 0 bridgehead atoms. The van der Waals surface area contributed by atoms with E-state index in [-0.39, 0.29) is 0 Å². The second-order valence-electron chi connectivity index (χ2n) is 5.55. The molecule has 3 atom stereocenters. The van der Waals surface area contributed by atoms with E-state index in [1.54, 1.807) is 6.33 Å². The van der Waals surface area contributed by atoms with Crippen LogP contribution in [0.25, 0.3) is 0 Å². The molecule has 4 nitrogen and oxygen atoms in total. The SMILES string of the molecule is CCc1c(N)ncnc1NC1CCC(C)C(C)C1. The van der Waals surface area contributed by atoms with Crippen LogP contribution < -0.4 is 11.1 Å². The van der Waals surface area contributed by atoms with E-state index in [0.29, 0.717) is 11.9 Å². The molecule has 3 N–H and O–H groups in total. The van der Waals surface area contributed by atoms with Crippen LogP contribution in [0.3, 0.4) is 0 Å². The van der Waals surface area contributed by atoms with Gasteiger partial charge in [0.25, 0.3) is 0 Å². The molecule has 1 saturated carbocycles. The Morgan fingerprint density at radius 1 is 1.28 bits per heavy atom. The Morgan fingerprint density at radius 3 is 2.72 bits per heavy atom. The number of aromatic nitrogens is 2. The summed E-state index contributed by atoms with van der Waals surface area (Å²) in [4.78, 5) is 8.40. The number of hydrogen-bond acceptors (Lipinski definition) is 4. The van der Waals surface area contributed by atoms with Gasteiger partial charge in [0.1, 0.15) is 18.0 Å². The van der Waals surface area contributed by atoms with Gasteiger partial charge in [-0.1, -0.05) is 20.8 Å². The number of nitrogens with two attached hydrogens (primary N) is 1. The van der Waals surface area contributed by atoms with Crippen molar-refractivity contribution >= 4 is 11.6 Å². The molecule has 0 saturated heterocycles. The van der Waals surface area contributed by atoms with Crippen LogP contribution >= 0.6 is 0 Å². The van der Waals surface area contributed by atoms with E-state index in [9.17, 15) is 0 Å². The average molecular weight is 248 g/mol. The van der Waals surface area contributed by atoms with Crippen LogP contribution in [0, 0.1) is 11.8 Å². The van der Waals surface area contributed by atoms with Gasteiger partial charge in [0.2, 0.25) is 0 Å². The van der Waals surface area contributed by atoms with Gasteiger partial charge in [0.05, 0.1) is 0 Å². The van der Waals surface area contributed by atoms with Crippen molar-refractivity contribution in [2.24, 2.45) is 11.8 Å². The minimum atomic E-state index is 0.524. The van der Waals surface area contributed by atoms with Crippen LogP contribution in [0.15, 0.2) is 6.33 Å². The molecule has 4 heteroatoms. The van der Waals surface area contributed by atoms with Gasteiger partial charge in [-0.3, -0.25) is 0 Å². The predicted octanol–water partition coefficient (Wildman–Crippen LogP) is 2.86. The van der Waals surface area contributed by atoms with Gasteiger partial charge >= 0.3 is 0 Å². The van der Waals surface area contributed by atoms with Gasteiger partial charge in [-0.25, -0.2) is 9.97 Å². The van der Waals surface area contributed by atoms with Crippen molar-refractivity contribution in [3.05, 3.63) is 11.9 Å². The maximum absolute atomic E-state index is 5.90. The minimum Gasteiger partial charge on any atom is -0.383 e. The lowest BCUT2D eigenvalue weighted by Gasteiger charge is -2.33. The summed E-state index contributed by atoms with van der Waals surface area (Å²) in [6, 6.07) is 0.524. The summed E-state index contributed by atoms with van der Waals surface area (Å²) in [6.45, 7) is 6.78. The van der Waals surface area contributed by atoms with Crippen LogP contribution in [-0.2, 0) is 6.42 Å². The van der Waals surface area contributed by atoms with Crippen molar-refractivity contribution in [3.8, 4) is 0 Å². The fourth-order valence-electron chi connectivity index (χ4n) is 2.77. The van der Waals surface area contributed by atoms with E-state index in [4.69, 9.17) is 5.73 Å². The Hall–Kier alpha value is -1.32. The van der Waals surface area contributed by atoms with Crippen LogP contribution in [0.2, 0.25) is 0 Å². The maximum Gasteiger partial charge on any atom is 0.134 e. The molecule has 3 unspecified atom stereocenters. The molecule has 1 aromatic rings. The molecule has 100 valence electrons. The summed E-state index contributed by atoms with van der Waals surface area (Å²) in [5, 5.41) is 3.56. The molecular formula is C14H24N4. The summed E-state index contributed by atoms with van der Waals surface area (Å²) in [6.07, 6.45) is 6.15. The Kier molecular flexibility index (Phi) is 4.04. The molecular weight excluding hydrogens is 224 g/mol. The van der Waals surface area contributed by atoms with E-state index in [1.807, 2.05) is 0 Å². The topological polar surface area (TPSA) is 63.8 Å². The zero-order valence-electron chi connectivity index (χ0n) is 11.6. The first-order valence-electron chi connectivity index (χ1n) is 6.97. The molecule has 1 aliphatic rings. The Labute approximate surface area is 109 Å². The molecule has 18 heavy (non-hydrogen) atoms. The summed E-state index contributed by atoms with van der Waals surface area (Å²) >= 11 is 0. The molecule has 0 aromatic carbocycles. The maximum atomic E-state index is 5.90. The van der Waals surface area contributed by atoms with Gasteiger partial charge in [-0.2, -0.15) is 0 Å². The lowest BCUT2D eigenvalue weighted by Crippen LogP contribution is -2.31. The highest BCUT2D eigenvalue weighted by molar-refractivity contribution is 5.55. The van der Waals surface area contributed by atoms with Crippen LogP contribution in [0.4, 0.5) is 11.6 Å². The summed E-state index contributed by atoms with van der Waals surface area (Å²) < 4.78 is 0. The van der Waals surface area contributed by atoms with Crippen LogP contribution in [0.5, 0.6) is 0 Å². The molecule has 0 spiro atoms. The first-order valence-corrected chi connectivity index (χ1v) is 6.97. The average Bonchev–Trinajstić information content (AvgIpc) is 2.34. The zero-order valence-corrected chi connectivity index (χ0v) is 11.6. The summed E-state index contributed by atoms with van der Waals surface area (Å²) in [5.74, 6) is 3.15. The third-order valence-electron chi connectivity index (χ3n) is 4.27. The molecule has 0 amide bonds. The van der Waals surface area contributed by atoms with Crippen molar-refractivity contribution in [1.82, 2.24) is 9.97 Å². The Bertz CT molecular complexity index is 405. The number of nitrogen functional groups attached to an aromatic ring is 1. The monoisotopic (exact) mass is 248 g/mol. The fraction of sp³-hybridized carbons (Fsp3) is 0.714. The van der Waals surface area contributed by atoms with Gasteiger partial charge in [0, 0.05) is 11.6 Å². The van der Waals surface area contributed by atoms with E-state index < -0.39 is 0 Å². The second kappa shape index (κ2) is 5.55. The van der Waals surface area contributed by atoms with Gasteiger partial charge < -0.3 is 11.1 Å². The van der Waals surface area contributed by atoms with E-state index in [2.05, 4.69) is 36.1 Å². The smallest absolute Gasteiger partial charge is 0.134 e. The number of anilines is 2. The summed E-state index contributed by atoms with van der Waals surface area (Å²) in [5.41, 5.74) is 6.94. The van der Waals surface area contributed by atoms with Crippen molar-refractivity contribution < 1.29 is 0 Å². The van der Waals surface area contributed by atoms with Crippen molar-refractivity contribution in [2.45, 2.75) is 52.5 Å². The van der Waals surface area contributed by atoms with E-state index in [0.717, 1.165) is 29.6 Å². The van der Waals surface area contributed by atoms with E-state index >= 15 is 0 Å². The number of hydrogen-bond donors (Lipinski definition) is 2. The molecule has 1 aliphatic carbocycles. The first-order chi connectivity index (χ1) is 8.61. The molecule has 0 radical (unpaired) electrons. The van der Waals surface area contributed by atoms with Gasteiger partial charge in [0.15, 0.2) is 0 Å². The van der Waals surface area contributed by atoms with Crippen molar-refractivity contribution in [3.63, 3.8) is 0 Å². The first kappa shape index (κ1) is 13.1. The number of rotatable bonds is 3. The highest BCUT2D eigenvalue weighted by Gasteiger charge is 2.25. The standard InChI is InChI=1S/C14H24N4/c1-4-12-13(15)16-8-17-14(12)18-11-6-5-9(2)10(3)7-11/h8-11H,4-7H2,1-3H3,(H3,15,16,17,18). The lowest BCUT2D eigenvalue weighted by molar-refractivity contribution is 0.260. The predicted molar refractivity (Wildman–Crippen MR) is 75.4 cm³/mol. The minimum absolute atomic E-state index is 0.524. The molecule has 1 aromatic heterocycles. The van der Waals surface area contributed by atoms with Crippen LogP contribution in [0.1, 0.15) is 45.6 Å². The highest BCUT2D eigenvalue weighted by atomic mass is 15.1. The normalized spacial score (nSPS) is 28.1. The number of nitrogens with zero attached hydrogens (tertiary/aromatic N) is 2. The largest absolute Gasteiger partial charge is 0.383 e. The summed E-state index contributed by atoms with van der Waals surface area (Å²) in [7, 11) is 0. The molecule has 1 heterocycles. The molecule has 0 aliphatic heterocycles. The zero-order chi connectivity index (χ0) is 13.1. The third kappa shape index (κ3) is 2.74. The fourth-order valence-corrected chi connectivity index (χ4v) is 2.77. The number of nitrogens with one attached hydrogen (secondary N) is 1. The van der Waals surface area contributed by atoms with Crippen LogP contribution in [-0.4, -0.2) is 16.0 Å². The van der Waals surface area contributed by atoms with Crippen molar-refractivity contribution in [2.75, 3.05) is 11.1 Å². The van der Waals surface area contributed by atoms with Gasteiger partial charge in [-0.05, 0) is 37.5 Å². The quantitative estimate of drug-likeness (QED) is 0.863. The van der Waals surface area contributed by atoms with E-state index in [1.165, 1.54) is 19.3 Å². The van der Waals surface area contributed by atoms with Gasteiger partial charge in [-0.15, -0.1) is 0 Å². The highest BCUT2D eigenvalue weighted by Crippen LogP contribution is 2.31. The second-order valence-corrected chi connectivity index (χ2v) is 5.55. The Balaban J connectivity index is 2.08. The van der Waals surface area contributed by atoms with Crippen molar-refractivity contribution in [1.29, 1.82) is 0 Å². The molecule has 2 rings (SSSR count). The lowest BCUT2D eigenvalue weighted by atomic mass is 9.79.